The number of aryl methyl sites for hydroxylation is 1. The van der Waals surface area contributed by atoms with Crippen molar-refractivity contribution in [2.24, 2.45) is 0 Å². The lowest BCUT2D eigenvalue weighted by Crippen LogP contribution is -2.27. The Bertz CT molecular complexity index is 941. The lowest BCUT2D eigenvalue weighted by atomic mass is 10.2. The van der Waals surface area contributed by atoms with Crippen LogP contribution in [0.4, 0.5) is 14.5 Å². The van der Waals surface area contributed by atoms with Crippen molar-refractivity contribution in [3.8, 4) is 0 Å². The van der Waals surface area contributed by atoms with Gasteiger partial charge in [0.05, 0.1) is 5.69 Å². The summed E-state index contributed by atoms with van der Waals surface area (Å²) >= 11 is 0. The van der Waals surface area contributed by atoms with E-state index < -0.39 is 32.5 Å². The van der Waals surface area contributed by atoms with Gasteiger partial charge in [-0.15, -0.1) is 0 Å². The van der Waals surface area contributed by atoms with Gasteiger partial charge in [-0.3, -0.25) is 4.79 Å². The van der Waals surface area contributed by atoms with Gasteiger partial charge in [0.2, 0.25) is 10.0 Å². The van der Waals surface area contributed by atoms with Crippen LogP contribution in [-0.4, -0.2) is 20.4 Å². The number of carbonyl (C=O) groups excluding carboxylic acids is 1. The van der Waals surface area contributed by atoms with Gasteiger partial charge in [-0.25, -0.2) is 21.9 Å². The maximum atomic E-state index is 13.9. The Morgan fingerprint density at radius 1 is 1.08 bits per heavy atom. The van der Waals surface area contributed by atoms with Gasteiger partial charge in [-0.2, -0.15) is 0 Å². The third kappa shape index (κ3) is 4.02. The first kappa shape index (κ1) is 17.5. The van der Waals surface area contributed by atoms with E-state index in [0.717, 1.165) is 18.2 Å². The number of carbonyl (C=O) groups is 1. The van der Waals surface area contributed by atoms with Gasteiger partial charge in [-0.1, -0.05) is 6.07 Å². The molecule has 0 aliphatic heterocycles. The molecule has 2 aromatic rings. The molecule has 0 radical (unpaired) electrons. The summed E-state index contributed by atoms with van der Waals surface area (Å²) in [6.45, 7) is 1.71. The Hall–Kier alpha value is -2.32. The third-order valence-electron chi connectivity index (χ3n) is 3.75. The van der Waals surface area contributed by atoms with E-state index in [2.05, 4.69) is 10.0 Å². The zero-order valence-electron chi connectivity index (χ0n) is 13.3. The Balaban J connectivity index is 1.87. The molecule has 25 heavy (non-hydrogen) atoms. The van der Waals surface area contributed by atoms with Crippen LogP contribution in [0.5, 0.6) is 0 Å². The number of anilines is 1. The molecule has 0 spiro atoms. The van der Waals surface area contributed by atoms with Crippen LogP contribution in [0, 0.1) is 18.6 Å². The van der Waals surface area contributed by atoms with Crippen molar-refractivity contribution in [2.75, 3.05) is 5.32 Å². The first-order valence-corrected chi connectivity index (χ1v) is 9.14. The van der Waals surface area contributed by atoms with E-state index in [-0.39, 0.29) is 17.3 Å². The summed E-state index contributed by atoms with van der Waals surface area (Å²) in [5.41, 5.74) is 0.565. The van der Waals surface area contributed by atoms with E-state index in [4.69, 9.17) is 0 Å². The van der Waals surface area contributed by atoms with Crippen LogP contribution in [0.3, 0.4) is 0 Å². The van der Waals surface area contributed by atoms with Gasteiger partial charge < -0.3 is 5.32 Å². The van der Waals surface area contributed by atoms with Crippen LogP contribution < -0.4 is 10.0 Å². The molecular weight excluding hydrogens is 350 g/mol. The maximum Gasteiger partial charge on any atom is 0.255 e. The van der Waals surface area contributed by atoms with Gasteiger partial charge >= 0.3 is 0 Å². The third-order valence-corrected chi connectivity index (χ3v) is 5.29. The summed E-state index contributed by atoms with van der Waals surface area (Å²) in [5.74, 6) is -2.30. The summed E-state index contributed by atoms with van der Waals surface area (Å²) < 4.78 is 54.5. The first-order valence-electron chi connectivity index (χ1n) is 7.65. The molecule has 1 saturated carbocycles. The normalized spacial score (nSPS) is 14.4. The minimum absolute atomic E-state index is 0.0413. The largest absolute Gasteiger partial charge is 0.319 e. The van der Waals surface area contributed by atoms with E-state index in [1.54, 1.807) is 13.0 Å². The average molecular weight is 366 g/mol. The number of benzene rings is 2. The van der Waals surface area contributed by atoms with Crippen LogP contribution in [0.25, 0.3) is 0 Å². The Morgan fingerprint density at radius 2 is 1.80 bits per heavy atom. The highest BCUT2D eigenvalue weighted by atomic mass is 32.2. The molecule has 1 aliphatic carbocycles. The fourth-order valence-electron chi connectivity index (χ4n) is 2.25. The molecule has 0 saturated heterocycles. The summed E-state index contributed by atoms with van der Waals surface area (Å²) in [7, 11) is -4.05. The lowest BCUT2D eigenvalue weighted by Gasteiger charge is -2.10. The fourth-order valence-corrected chi connectivity index (χ4v) is 3.66. The molecule has 5 nitrogen and oxygen atoms in total. The highest BCUT2D eigenvalue weighted by Crippen LogP contribution is 2.24. The van der Waals surface area contributed by atoms with E-state index in [9.17, 15) is 22.0 Å². The number of hydrogen-bond acceptors (Lipinski definition) is 3. The Labute approximate surface area is 144 Å². The number of sulfonamides is 1. The van der Waals surface area contributed by atoms with Crippen LogP contribution in [0.1, 0.15) is 28.8 Å². The molecule has 3 rings (SSSR count). The van der Waals surface area contributed by atoms with Gasteiger partial charge in [-0.05, 0) is 55.7 Å². The summed E-state index contributed by atoms with van der Waals surface area (Å²) in [6, 6.07) is 7.09. The minimum Gasteiger partial charge on any atom is -0.319 e. The Kier molecular flexibility index (Phi) is 4.57. The van der Waals surface area contributed by atoms with Crippen LogP contribution in [0.15, 0.2) is 41.3 Å². The highest BCUT2D eigenvalue weighted by Gasteiger charge is 2.30. The standard InChI is InChI=1S/C17H16F2N2O3S/c1-10-2-7-15(14(19)8-10)20-17(22)11-3-6-13(18)16(9-11)25(23,24)21-12-4-5-12/h2-3,6-9,12,21H,4-5H2,1H3,(H,20,22). The topological polar surface area (TPSA) is 75.3 Å². The van der Waals surface area contributed by atoms with Crippen LogP contribution in [0.2, 0.25) is 0 Å². The van der Waals surface area contributed by atoms with Crippen molar-refractivity contribution in [3.05, 3.63) is 59.2 Å². The molecule has 1 amide bonds. The number of nitrogens with one attached hydrogen (secondary N) is 2. The second-order valence-corrected chi connectivity index (χ2v) is 7.66. The van der Waals surface area contributed by atoms with E-state index in [1.165, 1.54) is 12.1 Å². The van der Waals surface area contributed by atoms with Crippen LogP contribution in [-0.2, 0) is 10.0 Å². The second kappa shape index (κ2) is 6.53. The zero-order valence-corrected chi connectivity index (χ0v) is 14.2. The van der Waals surface area contributed by atoms with Crippen molar-refractivity contribution in [2.45, 2.75) is 30.7 Å². The van der Waals surface area contributed by atoms with Gasteiger partial charge in [0.1, 0.15) is 16.5 Å². The van der Waals surface area contributed by atoms with E-state index in [1.807, 2.05) is 0 Å². The van der Waals surface area contributed by atoms with E-state index >= 15 is 0 Å². The average Bonchev–Trinajstić information content (AvgIpc) is 3.33. The summed E-state index contributed by atoms with van der Waals surface area (Å²) in [4.78, 5) is 11.7. The first-order chi connectivity index (χ1) is 11.8. The molecule has 0 aromatic heterocycles. The molecule has 2 aromatic carbocycles. The van der Waals surface area contributed by atoms with Crippen molar-refractivity contribution >= 4 is 21.6 Å². The molecule has 8 heteroatoms. The predicted octanol–water partition coefficient (Wildman–Crippen LogP) is 2.97. The zero-order chi connectivity index (χ0) is 18.2. The van der Waals surface area contributed by atoms with E-state index in [0.29, 0.717) is 18.4 Å². The van der Waals surface area contributed by atoms with Gasteiger partial charge in [0.15, 0.2) is 0 Å². The molecule has 1 aliphatic rings. The van der Waals surface area contributed by atoms with Gasteiger partial charge in [0, 0.05) is 11.6 Å². The highest BCUT2D eigenvalue weighted by molar-refractivity contribution is 7.89. The number of halogens is 2. The quantitative estimate of drug-likeness (QED) is 0.854. The summed E-state index contributed by atoms with van der Waals surface area (Å²) in [6.07, 6.45) is 1.40. The van der Waals surface area contributed by atoms with Crippen molar-refractivity contribution in [3.63, 3.8) is 0 Å². The molecule has 1 fully saturated rings. The maximum absolute atomic E-state index is 13.9. The smallest absolute Gasteiger partial charge is 0.255 e. The Morgan fingerprint density at radius 3 is 2.44 bits per heavy atom. The second-order valence-electron chi connectivity index (χ2n) is 5.98. The van der Waals surface area contributed by atoms with Crippen molar-refractivity contribution in [1.82, 2.24) is 4.72 Å². The molecule has 0 bridgehead atoms. The lowest BCUT2D eigenvalue weighted by molar-refractivity contribution is 0.102. The molecule has 0 heterocycles. The van der Waals surface area contributed by atoms with Crippen molar-refractivity contribution in [1.29, 1.82) is 0 Å². The molecular formula is C17H16F2N2O3S. The monoisotopic (exact) mass is 366 g/mol. The van der Waals surface area contributed by atoms with Crippen molar-refractivity contribution < 1.29 is 22.0 Å². The molecule has 132 valence electrons. The molecule has 0 unspecified atom stereocenters. The molecule has 0 atom stereocenters. The fraction of sp³-hybridized carbons (Fsp3) is 0.235. The molecule has 2 N–H and O–H groups in total. The minimum atomic E-state index is -4.05. The van der Waals surface area contributed by atoms with Gasteiger partial charge in [0.25, 0.3) is 5.91 Å². The number of hydrogen-bond donors (Lipinski definition) is 2. The summed E-state index contributed by atoms with van der Waals surface area (Å²) in [5, 5.41) is 2.35. The van der Waals surface area contributed by atoms with Crippen LogP contribution >= 0.6 is 0 Å². The number of rotatable bonds is 5. The predicted molar refractivity (Wildman–Crippen MR) is 88.8 cm³/mol. The number of amides is 1. The SMILES string of the molecule is Cc1ccc(NC(=O)c2ccc(F)c(S(=O)(=O)NC3CC3)c2)c(F)c1.